The molecule has 0 unspecified atom stereocenters. The smallest absolute Gasteiger partial charge is 0.230 e. The van der Waals surface area contributed by atoms with Crippen molar-refractivity contribution in [2.75, 3.05) is 48.8 Å². The van der Waals surface area contributed by atoms with Crippen LogP contribution in [0.3, 0.4) is 0 Å². The Morgan fingerprint density at radius 1 is 0.881 bits per heavy atom. The molecule has 0 aliphatic carbocycles. The van der Waals surface area contributed by atoms with E-state index in [0.717, 1.165) is 30.2 Å². The number of benzene rings is 3. The summed E-state index contributed by atoms with van der Waals surface area (Å²) in [6, 6.07) is 19.1. The number of anilines is 5. The first-order valence-corrected chi connectivity index (χ1v) is 14.9. The third kappa shape index (κ3) is 7.07. The molecular formula is C30H34N6O5S. The van der Waals surface area contributed by atoms with Crippen molar-refractivity contribution >= 4 is 56.5 Å². The van der Waals surface area contributed by atoms with Gasteiger partial charge in [-0.3, -0.25) is 4.79 Å². The molecule has 3 aromatic carbocycles. The second-order valence-electron chi connectivity index (χ2n) is 9.91. The molecule has 220 valence electrons. The number of likely N-dealkylation sites (tertiary alicyclic amines) is 1. The lowest BCUT2D eigenvalue weighted by molar-refractivity contribution is -0.116. The molecule has 1 aliphatic heterocycles. The lowest BCUT2D eigenvalue weighted by Gasteiger charge is -2.26. The molecular weight excluding hydrogens is 556 g/mol. The molecule has 1 saturated heterocycles. The number of hydrogen-bond acceptors (Lipinski definition) is 9. The van der Waals surface area contributed by atoms with Crippen LogP contribution in [0, 0.1) is 0 Å². The molecule has 5 rings (SSSR count). The number of carbonyl (C=O) groups is 1. The van der Waals surface area contributed by atoms with Gasteiger partial charge in [0.2, 0.25) is 16.8 Å². The van der Waals surface area contributed by atoms with E-state index in [4.69, 9.17) is 14.5 Å². The van der Waals surface area contributed by atoms with Crippen molar-refractivity contribution in [3.05, 3.63) is 66.7 Å². The highest BCUT2D eigenvalue weighted by atomic mass is 32.2. The SMILES string of the molecule is COc1cc(Nc2nc3ccccc3nc2N(c2cccc(NC(=O)CCN3CCCCC3)c2)[SH](=O)=O)cc(OC)c1. The molecule has 4 aromatic rings. The van der Waals surface area contributed by atoms with Gasteiger partial charge in [0.1, 0.15) is 11.5 Å². The van der Waals surface area contributed by atoms with Gasteiger partial charge in [0.25, 0.3) is 0 Å². The van der Waals surface area contributed by atoms with Gasteiger partial charge in [-0.1, -0.05) is 24.6 Å². The van der Waals surface area contributed by atoms with E-state index in [-0.39, 0.29) is 17.5 Å². The fourth-order valence-corrected chi connectivity index (χ4v) is 5.52. The number of rotatable bonds is 11. The molecule has 0 spiro atoms. The van der Waals surface area contributed by atoms with Crippen molar-refractivity contribution in [3.8, 4) is 11.5 Å². The molecule has 0 atom stereocenters. The number of nitrogens with one attached hydrogen (secondary N) is 2. The predicted octanol–water partition coefficient (Wildman–Crippen LogP) is 4.87. The first-order valence-electron chi connectivity index (χ1n) is 13.8. The number of hydrogen-bond donors (Lipinski definition) is 3. The largest absolute Gasteiger partial charge is 0.497 e. The van der Waals surface area contributed by atoms with Crippen molar-refractivity contribution < 1.29 is 22.7 Å². The van der Waals surface area contributed by atoms with Gasteiger partial charge >= 0.3 is 0 Å². The molecule has 0 saturated carbocycles. The summed E-state index contributed by atoms with van der Waals surface area (Å²) in [6.45, 7) is 2.72. The van der Waals surface area contributed by atoms with Crippen LogP contribution in [0.15, 0.2) is 66.7 Å². The number of para-hydroxylation sites is 2. The van der Waals surface area contributed by atoms with E-state index in [0.29, 0.717) is 52.6 Å². The number of fused-ring (bicyclic) bond motifs is 1. The van der Waals surface area contributed by atoms with Crippen LogP contribution in [-0.4, -0.2) is 63.0 Å². The normalized spacial score (nSPS) is 13.6. The number of piperidine rings is 1. The summed E-state index contributed by atoms with van der Waals surface area (Å²) in [5, 5.41) is 6.10. The number of aromatic nitrogens is 2. The Hall–Kier alpha value is -4.42. The Labute approximate surface area is 246 Å². The van der Waals surface area contributed by atoms with Crippen LogP contribution in [0.1, 0.15) is 25.7 Å². The van der Waals surface area contributed by atoms with E-state index in [1.165, 1.54) is 6.42 Å². The Morgan fingerprint density at radius 2 is 1.57 bits per heavy atom. The van der Waals surface area contributed by atoms with E-state index in [1.54, 1.807) is 68.8 Å². The summed E-state index contributed by atoms with van der Waals surface area (Å²) in [5.41, 5.74) is 2.45. The quantitative estimate of drug-likeness (QED) is 0.210. The second kappa shape index (κ2) is 13.5. The van der Waals surface area contributed by atoms with Crippen molar-refractivity contribution in [1.29, 1.82) is 0 Å². The molecule has 11 nitrogen and oxygen atoms in total. The third-order valence-corrected chi connectivity index (χ3v) is 7.76. The van der Waals surface area contributed by atoms with Crippen LogP contribution in [0.25, 0.3) is 11.0 Å². The Balaban J connectivity index is 1.47. The molecule has 0 bridgehead atoms. The Morgan fingerprint density at radius 3 is 2.24 bits per heavy atom. The Kier molecular flexibility index (Phi) is 9.35. The minimum Gasteiger partial charge on any atom is -0.497 e. The molecule has 1 aromatic heterocycles. The summed E-state index contributed by atoms with van der Waals surface area (Å²) >= 11 is 0. The van der Waals surface area contributed by atoms with Crippen molar-refractivity contribution in [2.24, 2.45) is 0 Å². The summed E-state index contributed by atoms with van der Waals surface area (Å²) < 4.78 is 37.4. The summed E-state index contributed by atoms with van der Waals surface area (Å²) in [6.07, 6.45) is 3.91. The van der Waals surface area contributed by atoms with Crippen molar-refractivity contribution in [2.45, 2.75) is 25.7 Å². The first-order chi connectivity index (χ1) is 20.4. The van der Waals surface area contributed by atoms with Crippen LogP contribution in [-0.2, 0) is 15.7 Å². The summed E-state index contributed by atoms with van der Waals surface area (Å²) in [4.78, 5) is 24.4. The van der Waals surface area contributed by atoms with E-state index >= 15 is 0 Å². The average Bonchev–Trinajstić information content (AvgIpc) is 3.00. The van der Waals surface area contributed by atoms with Gasteiger partial charge in [0.15, 0.2) is 11.6 Å². The fourth-order valence-electron chi connectivity index (χ4n) is 4.91. The fraction of sp³-hybridized carbons (Fsp3) is 0.300. The summed E-state index contributed by atoms with van der Waals surface area (Å²) in [5.74, 6) is 1.24. The van der Waals surface area contributed by atoms with E-state index in [2.05, 4.69) is 20.5 Å². The van der Waals surface area contributed by atoms with E-state index < -0.39 is 10.9 Å². The molecule has 1 aliphatic rings. The first kappa shape index (κ1) is 29.1. The third-order valence-electron chi connectivity index (χ3n) is 7.01. The molecule has 1 amide bonds. The molecule has 1 fully saturated rings. The molecule has 42 heavy (non-hydrogen) atoms. The number of carbonyl (C=O) groups excluding carboxylic acids is 1. The number of amides is 1. The van der Waals surface area contributed by atoms with Gasteiger partial charge in [-0.2, -0.15) is 0 Å². The standard InChI is InChI=1S/C30H34N6O5S/c1-40-24-18-22(19-25(20-24)41-2)32-29-30(34-27-12-5-4-11-26(27)33-29)36(42(38)39)23-10-8-9-21(17-23)31-28(37)13-16-35-14-6-3-7-15-35/h4-5,8-12,17-20,42H,3,6-7,13-16H2,1-2H3,(H,31,37)(H,32,33). The zero-order valence-corrected chi connectivity index (χ0v) is 24.5. The molecule has 2 N–H and O–H groups in total. The zero-order valence-electron chi connectivity index (χ0n) is 23.6. The van der Waals surface area contributed by atoms with Gasteiger partial charge in [-0.25, -0.2) is 22.7 Å². The maximum atomic E-state index is 12.8. The minimum absolute atomic E-state index is 0.0696. The minimum atomic E-state index is -3.21. The van der Waals surface area contributed by atoms with Crippen LogP contribution >= 0.6 is 0 Å². The number of thiol groups is 1. The second-order valence-corrected chi connectivity index (χ2v) is 10.8. The highest BCUT2D eigenvalue weighted by Crippen LogP contribution is 2.35. The highest BCUT2D eigenvalue weighted by Gasteiger charge is 2.22. The van der Waals surface area contributed by atoms with E-state index in [9.17, 15) is 13.2 Å². The average molecular weight is 591 g/mol. The maximum Gasteiger partial charge on any atom is 0.230 e. The predicted molar refractivity (Wildman–Crippen MR) is 165 cm³/mol. The topological polar surface area (TPSA) is 126 Å². The van der Waals surface area contributed by atoms with Crippen molar-refractivity contribution in [3.63, 3.8) is 0 Å². The van der Waals surface area contributed by atoms with Crippen LogP contribution in [0.2, 0.25) is 0 Å². The molecule has 0 radical (unpaired) electrons. The van der Waals surface area contributed by atoms with Gasteiger partial charge < -0.3 is 25.0 Å². The van der Waals surface area contributed by atoms with Crippen LogP contribution < -0.4 is 24.4 Å². The van der Waals surface area contributed by atoms with Crippen molar-refractivity contribution in [1.82, 2.24) is 14.9 Å². The zero-order chi connectivity index (χ0) is 29.5. The van der Waals surface area contributed by atoms with E-state index in [1.807, 2.05) is 12.1 Å². The number of methoxy groups -OCH3 is 2. The number of ether oxygens (including phenoxy) is 2. The van der Waals surface area contributed by atoms with Gasteiger partial charge in [0, 0.05) is 42.5 Å². The molecule has 12 heteroatoms. The maximum absolute atomic E-state index is 12.8. The highest BCUT2D eigenvalue weighted by molar-refractivity contribution is 7.74. The summed E-state index contributed by atoms with van der Waals surface area (Å²) in [7, 11) is -0.118. The Bertz CT molecular complexity index is 1610. The lowest BCUT2D eigenvalue weighted by atomic mass is 10.1. The number of nitrogens with zero attached hydrogens (tertiary/aromatic N) is 4. The van der Waals surface area contributed by atoms with Crippen LogP contribution in [0.5, 0.6) is 11.5 Å². The van der Waals surface area contributed by atoms with Gasteiger partial charge in [-0.05, 0) is 56.3 Å². The lowest BCUT2D eigenvalue weighted by Crippen LogP contribution is -2.32. The monoisotopic (exact) mass is 590 g/mol. The van der Waals surface area contributed by atoms with Crippen LogP contribution in [0.4, 0.5) is 28.7 Å². The van der Waals surface area contributed by atoms with Gasteiger partial charge in [-0.15, -0.1) is 0 Å². The van der Waals surface area contributed by atoms with Gasteiger partial charge in [0.05, 0.1) is 30.9 Å². The molecule has 2 heterocycles.